The van der Waals surface area contributed by atoms with Crippen LogP contribution in [0.5, 0.6) is 0 Å². The van der Waals surface area contributed by atoms with Gasteiger partial charge in [0.1, 0.15) is 11.6 Å². The number of amides is 2. The maximum atomic E-state index is 12.0. The van der Waals surface area contributed by atoms with Crippen LogP contribution in [0.15, 0.2) is 0 Å². The van der Waals surface area contributed by atoms with Crippen LogP contribution >= 0.6 is 8.73 Å². The fourth-order valence-electron chi connectivity index (χ4n) is 2.75. The quantitative estimate of drug-likeness (QED) is 0.345. The van der Waals surface area contributed by atoms with Gasteiger partial charge >= 0.3 is 0 Å². The summed E-state index contributed by atoms with van der Waals surface area (Å²) >= 11 is 0. The Morgan fingerprint density at radius 2 is 2.42 bits per heavy atom. The number of hydrogen-bond acceptors (Lipinski definition) is 5. The molecule has 2 amide bonds. The maximum Gasteiger partial charge on any atom is 0.247 e. The normalized spacial score (nSPS) is 33.9. The summed E-state index contributed by atoms with van der Waals surface area (Å²) in [6, 6.07) is -0.806. The highest BCUT2D eigenvalue weighted by Gasteiger charge is 2.55. The number of carbonyl (C=O) groups is 2. The van der Waals surface area contributed by atoms with E-state index in [1.807, 2.05) is 11.3 Å². The highest BCUT2D eigenvalue weighted by molar-refractivity contribution is 7.35. The van der Waals surface area contributed by atoms with Gasteiger partial charge in [-0.1, -0.05) is 0 Å². The highest BCUT2D eigenvalue weighted by atomic mass is 31.1. The van der Waals surface area contributed by atoms with Gasteiger partial charge in [-0.15, -0.1) is 0 Å². The first kappa shape index (κ1) is 14.7. The molecule has 0 aliphatic carbocycles. The van der Waals surface area contributed by atoms with Crippen molar-refractivity contribution in [2.24, 2.45) is 5.73 Å². The minimum absolute atomic E-state index is 0.0293. The van der Waals surface area contributed by atoms with Gasteiger partial charge in [-0.3, -0.25) is 14.9 Å². The van der Waals surface area contributed by atoms with Crippen LogP contribution in [-0.2, 0) is 9.59 Å². The van der Waals surface area contributed by atoms with Gasteiger partial charge in [-0.2, -0.15) is 0 Å². The van der Waals surface area contributed by atoms with E-state index >= 15 is 0 Å². The molecule has 108 valence electrons. The standard InChI is InChI=1S/C11H21N4O3P/c1-6(16)8(9(12)17)14-7-3-11(13-4-7)5-15(19-2)10(11)18/h6-8,13-14,16,19H,3-5H2,1-2H3,(H2,12,17)/t6-,7?,8+,11?/m1/s1. The summed E-state index contributed by atoms with van der Waals surface area (Å²) in [7, 11) is 0.489. The second-order valence-corrected chi connectivity index (χ2v) is 6.25. The van der Waals surface area contributed by atoms with E-state index in [2.05, 4.69) is 10.6 Å². The second-order valence-electron chi connectivity index (χ2n) is 5.27. The summed E-state index contributed by atoms with van der Waals surface area (Å²) in [5.41, 5.74) is 4.77. The van der Waals surface area contributed by atoms with Crippen LogP contribution in [0.3, 0.4) is 0 Å². The first-order valence-electron chi connectivity index (χ1n) is 6.37. The van der Waals surface area contributed by atoms with Crippen LogP contribution < -0.4 is 16.4 Å². The summed E-state index contributed by atoms with van der Waals surface area (Å²) in [5.74, 6) is -0.446. The average Bonchev–Trinajstić information content (AvgIpc) is 2.78. The Morgan fingerprint density at radius 1 is 1.74 bits per heavy atom. The Labute approximate surface area is 114 Å². The Bertz CT molecular complexity index is 392. The monoisotopic (exact) mass is 288 g/mol. The van der Waals surface area contributed by atoms with E-state index in [0.29, 0.717) is 21.7 Å². The van der Waals surface area contributed by atoms with Crippen molar-refractivity contribution in [1.82, 2.24) is 15.3 Å². The Kier molecular flexibility index (Phi) is 4.11. The summed E-state index contributed by atoms with van der Waals surface area (Å²) in [6.45, 7) is 4.82. The van der Waals surface area contributed by atoms with E-state index in [9.17, 15) is 14.7 Å². The molecule has 7 nitrogen and oxygen atoms in total. The van der Waals surface area contributed by atoms with Crippen LogP contribution in [0, 0.1) is 0 Å². The number of nitrogens with zero attached hydrogens (tertiary/aromatic N) is 1. The van der Waals surface area contributed by atoms with Gasteiger partial charge in [0.05, 0.1) is 12.6 Å². The molecule has 2 rings (SSSR count). The Morgan fingerprint density at radius 3 is 2.89 bits per heavy atom. The smallest absolute Gasteiger partial charge is 0.247 e. The summed E-state index contributed by atoms with van der Waals surface area (Å²) in [4.78, 5) is 23.3. The molecule has 0 aromatic rings. The fraction of sp³-hybridized carbons (Fsp3) is 0.818. The van der Waals surface area contributed by atoms with Crippen molar-refractivity contribution in [1.29, 1.82) is 0 Å². The van der Waals surface area contributed by atoms with E-state index in [0.717, 1.165) is 6.54 Å². The largest absolute Gasteiger partial charge is 0.391 e. The summed E-state index contributed by atoms with van der Waals surface area (Å²) in [6.07, 6.45) is -0.219. The van der Waals surface area contributed by atoms with Crippen LogP contribution in [0.25, 0.3) is 0 Å². The lowest BCUT2D eigenvalue weighted by atomic mass is 9.88. The Hall–Kier alpha value is -0.750. The van der Waals surface area contributed by atoms with Crippen molar-refractivity contribution in [3.05, 3.63) is 0 Å². The molecule has 0 bridgehead atoms. The van der Waals surface area contributed by atoms with E-state index in [4.69, 9.17) is 5.73 Å². The molecule has 0 radical (unpaired) electrons. The van der Waals surface area contributed by atoms with Gasteiger partial charge in [-0.25, -0.2) is 0 Å². The van der Waals surface area contributed by atoms with Gasteiger partial charge in [0.25, 0.3) is 0 Å². The minimum Gasteiger partial charge on any atom is -0.391 e. The molecule has 2 fully saturated rings. The van der Waals surface area contributed by atoms with Crippen LogP contribution in [0.4, 0.5) is 0 Å². The first-order valence-corrected chi connectivity index (χ1v) is 7.82. The lowest BCUT2D eigenvalue weighted by Crippen LogP contribution is -2.68. The van der Waals surface area contributed by atoms with Crippen LogP contribution in [0.1, 0.15) is 13.3 Å². The number of nitrogens with two attached hydrogens (primary N) is 1. The van der Waals surface area contributed by atoms with Gasteiger partial charge in [0, 0.05) is 12.6 Å². The molecule has 8 heteroatoms. The van der Waals surface area contributed by atoms with E-state index < -0.39 is 23.6 Å². The lowest BCUT2D eigenvalue weighted by molar-refractivity contribution is -0.143. The average molecular weight is 288 g/mol. The van der Waals surface area contributed by atoms with Crippen molar-refractivity contribution in [3.8, 4) is 0 Å². The van der Waals surface area contributed by atoms with E-state index in [1.54, 1.807) is 0 Å². The Balaban J connectivity index is 1.93. The third-order valence-electron chi connectivity index (χ3n) is 3.84. The van der Waals surface area contributed by atoms with Crippen molar-refractivity contribution < 1.29 is 14.7 Å². The number of β-lactam (4-membered cyclic amide) rings is 1. The van der Waals surface area contributed by atoms with Gasteiger partial charge in [-0.05, 0) is 28.7 Å². The van der Waals surface area contributed by atoms with Crippen LogP contribution in [0.2, 0.25) is 0 Å². The zero-order valence-electron chi connectivity index (χ0n) is 11.1. The van der Waals surface area contributed by atoms with E-state index in [1.165, 1.54) is 6.92 Å². The van der Waals surface area contributed by atoms with Gasteiger partial charge in [0.2, 0.25) is 11.8 Å². The molecule has 1 spiro atoms. The predicted molar refractivity (Wildman–Crippen MR) is 72.9 cm³/mol. The van der Waals surface area contributed by atoms with Crippen LogP contribution in [-0.4, -0.2) is 65.1 Å². The molecule has 2 heterocycles. The highest BCUT2D eigenvalue weighted by Crippen LogP contribution is 2.37. The molecule has 2 aliphatic heterocycles. The number of rotatable bonds is 5. The van der Waals surface area contributed by atoms with Crippen molar-refractivity contribution in [2.45, 2.75) is 37.1 Å². The number of aliphatic hydroxyl groups is 1. The van der Waals surface area contributed by atoms with Gasteiger partial charge < -0.3 is 20.8 Å². The number of nitrogens with one attached hydrogen (secondary N) is 2. The molecular formula is C11H21N4O3P. The molecule has 5 atom stereocenters. The third-order valence-corrected chi connectivity index (χ3v) is 4.74. The summed E-state index contributed by atoms with van der Waals surface area (Å²) in [5, 5.41) is 15.8. The van der Waals surface area contributed by atoms with Crippen molar-refractivity contribution in [3.63, 3.8) is 0 Å². The molecule has 3 unspecified atom stereocenters. The molecule has 19 heavy (non-hydrogen) atoms. The number of aliphatic hydroxyl groups excluding tert-OH is 1. The van der Waals surface area contributed by atoms with Crippen molar-refractivity contribution in [2.75, 3.05) is 19.8 Å². The SMILES string of the molecule is CPN1CC2(CC(N[C@H](C(N)=O)[C@@H](C)O)CN2)C1=O. The number of hydrogen-bond donors (Lipinski definition) is 4. The molecule has 2 saturated heterocycles. The predicted octanol–water partition coefficient (Wildman–Crippen LogP) is -2.02. The molecule has 0 saturated carbocycles. The fourth-order valence-corrected chi connectivity index (χ4v) is 3.60. The topological polar surface area (TPSA) is 108 Å². The molecule has 2 aliphatic rings. The summed E-state index contributed by atoms with van der Waals surface area (Å²) < 4.78 is 1.82. The number of primary amides is 1. The van der Waals surface area contributed by atoms with Crippen molar-refractivity contribution >= 4 is 20.5 Å². The minimum atomic E-state index is -0.847. The second kappa shape index (κ2) is 5.32. The maximum absolute atomic E-state index is 12.0. The lowest BCUT2D eigenvalue weighted by Gasteiger charge is -2.46. The molecule has 0 aromatic heterocycles. The zero-order valence-corrected chi connectivity index (χ0v) is 12.1. The van der Waals surface area contributed by atoms with Gasteiger partial charge in [0.15, 0.2) is 0 Å². The van der Waals surface area contributed by atoms with E-state index in [-0.39, 0.29) is 11.9 Å². The molecular weight excluding hydrogens is 267 g/mol. The number of carbonyl (C=O) groups excluding carboxylic acids is 2. The third kappa shape index (κ3) is 2.60. The first-order chi connectivity index (χ1) is 8.89. The molecule has 0 aromatic carbocycles. The molecule has 5 N–H and O–H groups in total. The zero-order chi connectivity index (χ0) is 14.2.